The van der Waals surface area contributed by atoms with Gasteiger partial charge in [0.05, 0.1) is 65.6 Å². The highest BCUT2D eigenvalue weighted by atomic mass is 16.8. The van der Waals surface area contributed by atoms with E-state index in [1.165, 1.54) is 6.92 Å². The first-order chi connectivity index (χ1) is 57.3. The molecule has 10 aliphatic rings. The molecule has 700 valence electrons. The smallest absolute Gasteiger partial charge is 0.217 e. The molecule has 10 aliphatic heterocycles. The molecule has 53 nitrogen and oxygen atoms in total. The number of rotatable bonds is 32. The topological polar surface area (TPSA) is 807 Å². The van der Waals surface area contributed by atoms with Gasteiger partial charge in [0.2, 0.25) is 23.6 Å². The van der Waals surface area contributed by atoms with Crippen LogP contribution in [0.5, 0.6) is 0 Å². The molecule has 0 radical (unpaired) electrons. The average Bonchev–Trinajstić information content (AvgIpc) is 1.29. The fraction of sp³-hybridized carbons (Fsp3) is 0.941. The van der Waals surface area contributed by atoms with Crippen LogP contribution in [0.3, 0.4) is 0 Å². The van der Waals surface area contributed by atoms with Crippen molar-refractivity contribution in [2.45, 2.75) is 335 Å². The van der Waals surface area contributed by atoms with Crippen molar-refractivity contribution in [2.75, 3.05) is 66.6 Å². The minimum Gasteiger partial charge on any atom is -0.394 e. The SMILES string of the molecule is CO[C@@H]1[C@H](O)[C@@H](O[C@H]2[C@H](O)[C@@H](CO[C@H]3O[C@H](CO)[C@@H](O)[C@H](O)[C@@H]3O[C@@H]3O[C@H](CO)[C@@H](O[C@@H]4O[C@H](CO)[C@H](O)[C@H](O[C@@H]5O[C@H](CO)[C@H](O)[C@H](O)[C@H]5O[C@@H]5O[C@@H](C)[C@@H](O)[C@@H](O)[C@@H]5O)[C@H]4NC(C)=O)[C@H](O)[C@H]3NC(C)=O)O[C@@H](O[C@H]3[C@H](O)[C@@H](NC(C)=O)[C@H](O[C@H]4[C@H](O)[C@@H](NC(C)=O)C(O)O[C@@H]4CO)O[C@@H]3CO)[C@H]2O[C@@H]2O[C@H](CO)[C@H](O)[C@H]2O)O[C@H](CO)[C@H]1O. The van der Waals surface area contributed by atoms with E-state index in [4.69, 9.17) is 94.7 Å². The summed E-state index contributed by atoms with van der Waals surface area (Å²) < 4.78 is 120. The number of methoxy groups -OCH3 is 1. The van der Waals surface area contributed by atoms with Gasteiger partial charge in [0.1, 0.15) is 232 Å². The van der Waals surface area contributed by atoms with Crippen LogP contribution in [0.1, 0.15) is 34.6 Å². The lowest BCUT2D eigenvalue weighted by molar-refractivity contribution is -0.400. The summed E-state index contributed by atoms with van der Waals surface area (Å²) in [5.41, 5.74) is 0. The Balaban J connectivity index is 0.967. The molecule has 0 aromatic carbocycles. The van der Waals surface area contributed by atoms with E-state index in [1.807, 2.05) is 0 Å². The highest BCUT2D eigenvalue weighted by molar-refractivity contribution is 5.74. The first-order valence-corrected chi connectivity index (χ1v) is 38.8. The Labute approximate surface area is 686 Å². The molecule has 4 amide bonds. The number of ether oxygens (including phenoxy) is 20. The Kier molecular flexibility index (Phi) is 35.6. The monoisotopic (exact) mass is 1770 g/mol. The number of amides is 4. The summed E-state index contributed by atoms with van der Waals surface area (Å²) in [7, 11) is 1.03. The molecule has 10 saturated heterocycles. The van der Waals surface area contributed by atoms with Crippen molar-refractivity contribution < 1.29 is 242 Å². The minimum atomic E-state index is -2.42. The fourth-order valence-electron chi connectivity index (χ4n) is 15.9. The van der Waals surface area contributed by atoms with Gasteiger partial charge < -0.3 is 244 Å². The van der Waals surface area contributed by atoms with Crippen LogP contribution in [0, 0.1) is 0 Å². The lowest BCUT2D eigenvalue weighted by atomic mass is 9.93. The van der Waals surface area contributed by atoms with Crippen molar-refractivity contribution in [3.8, 4) is 0 Å². The Morgan fingerprint density at radius 2 is 0.545 bits per heavy atom. The summed E-state index contributed by atoms with van der Waals surface area (Å²) in [5, 5.41) is 290. The average molecular weight is 1770 g/mol. The number of hydrogen-bond donors (Lipinski definition) is 29. The molecule has 121 heavy (non-hydrogen) atoms. The lowest BCUT2D eigenvalue weighted by Crippen LogP contribution is -2.71. The number of aliphatic hydroxyl groups is 25. The molecule has 53 heteroatoms. The summed E-state index contributed by atoms with van der Waals surface area (Å²) in [6, 6.07) is -7.52. The van der Waals surface area contributed by atoms with Crippen LogP contribution >= 0.6 is 0 Å². The number of hydrogen-bond acceptors (Lipinski definition) is 49. The van der Waals surface area contributed by atoms with Crippen LogP contribution in [0.2, 0.25) is 0 Å². The summed E-state index contributed by atoms with van der Waals surface area (Å²) in [4.78, 5) is 51.8. The van der Waals surface area contributed by atoms with E-state index in [9.17, 15) is 147 Å². The normalized spacial score (nSPS) is 49.3. The maximum Gasteiger partial charge on any atom is 0.217 e. The van der Waals surface area contributed by atoms with Gasteiger partial charge in [-0.2, -0.15) is 0 Å². The quantitative estimate of drug-likeness (QED) is 0.0297. The van der Waals surface area contributed by atoms with Gasteiger partial charge in [-0.15, -0.1) is 0 Å². The zero-order valence-electron chi connectivity index (χ0n) is 65.6. The summed E-state index contributed by atoms with van der Waals surface area (Å²) in [5.74, 6) is -3.66. The van der Waals surface area contributed by atoms with E-state index >= 15 is 0 Å². The van der Waals surface area contributed by atoms with Crippen LogP contribution in [-0.4, -0.2) is 519 Å². The molecule has 0 spiro atoms. The third-order valence-electron chi connectivity index (χ3n) is 22.3. The predicted octanol–water partition coefficient (Wildman–Crippen LogP) is -19.9. The molecule has 0 aliphatic carbocycles. The van der Waals surface area contributed by atoms with E-state index in [1.54, 1.807) is 0 Å². The molecular weight excluding hydrogens is 1660 g/mol. The highest BCUT2D eigenvalue weighted by Gasteiger charge is 2.62. The molecule has 0 bridgehead atoms. The standard InChI is InChI=1S/C68H114N4O49/c1-16-34(85)44(95)48(99)63(104-16)120-57-46(97)36(87)22(8-74)110-67(57)117-53-33(72-20(5)84)62(106-24(10-76)38(53)89)115-51-27(13-79)112-61(32(42(51)93)71-19(4)83)119-56-45(96)35(86)21(7-73)109-66(56)103-15-29-40(91)55(118-65-49(100)54(102-6)39(90)25(11-77)108-65)58(121-64-47(98)37(88)23(9-75)107-64)68(113-29)116-52-28(14-80)111-60(31(43(52)94)70-18(3)82)114-50-26(12-78)105-59(101)30(41(50)92)69-17(2)81/h16,21-68,73-80,85-101H,7-15H2,1-6H3,(H,69,81)(H,70,82)(H,71,83)(H,72,84)/t16-,21+,22+,23+,24+,25+,26+,27+,28+,29+,30+,31+,32+,33+,34+,35+,36-,37-,38-,39+,40+,41+,42+,43+,44+,45-,46-,47+,48-,49-,50+,51+,52+,53+,54-,55-,56-,57+,58-,59?,60-,61-,62-,63-,64-,65+,66-,67-,68-/m0/s1. The molecule has 49 atom stereocenters. The second kappa shape index (κ2) is 43.5. The van der Waals surface area contributed by atoms with Crippen molar-refractivity contribution in [3.63, 3.8) is 0 Å². The molecule has 0 aromatic heterocycles. The van der Waals surface area contributed by atoms with E-state index in [0.717, 1.165) is 34.8 Å². The van der Waals surface area contributed by atoms with Crippen LogP contribution in [0.4, 0.5) is 0 Å². The fourth-order valence-corrected chi connectivity index (χ4v) is 15.9. The van der Waals surface area contributed by atoms with Gasteiger partial charge in [0, 0.05) is 34.8 Å². The second-order valence-corrected chi connectivity index (χ2v) is 30.7. The van der Waals surface area contributed by atoms with Gasteiger partial charge in [-0.1, -0.05) is 0 Å². The van der Waals surface area contributed by atoms with Crippen LogP contribution < -0.4 is 21.3 Å². The van der Waals surface area contributed by atoms with Crippen LogP contribution in [-0.2, 0) is 114 Å². The van der Waals surface area contributed by atoms with Crippen LogP contribution in [0.15, 0.2) is 0 Å². The molecular formula is C68H114N4O49. The van der Waals surface area contributed by atoms with Gasteiger partial charge in [-0.05, 0) is 6.92 Å². The molecule has 10 fully saturated rings. The second-order valence-electron chi connectivity index (χ2n) is 30.7. The molecule has 10 rings (SSSR count). The lowest BCUT2D eigenvalue weighted by Gasteiger charge is -2.51. The highest BCUT2D eigenvalue weighted by Crippen LogP contribution is 2.42. The maximum atomic E-state index is 13.3. The zero-order chi connectivity index (χ0) is 88.9. The Morgan fingerprint density at radius 1 is 0.248 bits per heavy atom. The third-order valence-corrected chi connectivity index (χ3v) is 22.3. The van der Waals surface area contributed by atoms with Gasteiger partial charge >= 0.3 is 0 Å². The number of carbonyl (C=O) groups is 4. The largest absolute Gasteiger partial charge is 0.394 e. The van der Waals surface area contributed by atoms with E-state index in [2.05, 4.69) is 21.3 Å². The summed E-state index contributed by atoms with van der Waals surface area (Å²) >= 11 is 0. The Morgan fingerprint density at radius 3 is 1.02 bits per heavy atom. The van der Waals surface area contributed by atoms with Gasteiger partial charge in [0.15, 0.2) is 62.9 Å². The van der Waals surface area contributed by atoms with Crippen molar-refractivity contribution in [1.82, 2.24) is 21.3 Å². The molecule has 10 heterocycles. The van der Waals surface area contributed by atoms with Crippen molar-refractivity contribution >= 4 is 23.6 Å². The van der Waals surface area contributed by atoms with Gasteiger partial charge in [0.25, 0.3) is 0 Å². The minimum absolute atomic E-state index is 0.786. The van der Waals surface area contributed by atoms with E-state index in [0.29, 0.717) is 0 Å². The van der Waals surface area contributed by atoms with Crippen LogP contribution in [0.25, 0.3) is 0 Å². The number of carbonyl (C=O) groups excluding carboxylic acids is 4. The maximum absolute atomic E-state index is 13.3. The van der Waals surface area contributed by atoms with Crippen molar-refractivity contribution in [1.29, 1.82) is 0 Å². The van der Waals surface area contributed by atoms with Crippen molar-refractivity contribution in [2.24, 2.45) is 0 Å². The first kappa shape index (κ1) is 99.2. The number of nitrogens with one attached hydrogen (secondary N) is 4. The van der Waals surface area contributed by atoms with Gasteiger partial charge in [-0.3, -0.25) is 19.2 Å². The molecule has 0 saturated carbocycles. The molecule has 1 unspecified atom stereocenters. The molecule has 0 aromatic rings. The van der Waals surface area contributed by atoms with E-state index in [-0.39, 0.29) is 0 Å². The first-order valence-electron chi connectivity index (χ1n) is 38.8. The Hall–Kier alpha value is -3.92. The third kappa shape index (κ3) is 21.8. The zero-order valence-corrected chi connectivity index (χ0v) is 65.6. The molecule has 29 N–H and O–H groups in total. The van der Waals surface area contributed by atoms with E-state index < -0.39 is 384 Å². The Bertz CT molecular complexity index is 3250. The number of aliphatic hydroxyl groups excluding tert-OH is 25. The summed E-state index contributed by atoms with van der Waals surface area (Å²) in [6.45, 7) is -4.76. The van der Waals surface area contributed by atoms with Gasteiger partial charge in [-0.25, -0.2) is 0 Å². The van der Waals surface area contributed by atoms with Crippen molar-refractivity contribution in [3.05, 3.63) is 0 Å². The predicted molar refractivity (Wildman–Crippen MR) is 373 cm³/mol. The summed E-state index contributed by atoms with van der Waals surface area (Å²) in [6.07, 6.45) is -91.0.